The number of para-hydroxylation sites is 2. The number of hydrogen-bond acceptors (Lipinski definition) is 6. The molecular weight excluding hydrogens is 452 g/mol. The maximum atomic E-state index is 12.8. The molecule has 36 heavy (non-hydrogen) atoms. The predicted octanol–water partition coefficient (Wildman–Crippen LogP) is 4.13. The quantitative estimate of drug-likeness (QED) is 0.388. The summed E-state index contributed by atoms with van der Waals surface area (Å²) in [4.78, 5) is 30.8. The number of nitrogen functional groups attached to an aromatic ring is 1. The first kappa shape index (κ1) is 21.5. The number of nitrogens with one attached hydrogen (secondary N) is 1. The molecule has 0 atom stereocenters. The molecule has 9 nitrogen and oxygen atoms in total. The highest BCUT2D eigenvalue weighted by molar-refractivity contribution is 5.93. The molecule has 0 saturated carbocycles. The Morgan fingerprint density at radius 1 is 0.889 bits per heavy atom. The topological polar surface area (TPSA) is 117 Å². The van der Waals surface area contributed by atoms with Crippen molar-refractivity contribution in [2.24, 2.45) is 7.05 Å². The Labute approximate surface area is 206 Å². The van der Waals surface area contributed by atoms with Crippen molar-refractivity contribution in [2.75, 3.05) is 11.1 Å². The molecule has 0 radical (unpaired) electrons. The predicted molar refractivity (Wildman–Crippen MR) is 140 cm³/mol. The Balaban J connectivity index is 1.29. The third-order valence-electron chi connectivity index (χ3n) is 6.09. The third-order valence-corrected chi connectivity index (χ3v) is 6.09. The average Bonchev–Trinajstić information content (AvgIpc) is 3.43. The maximum absolute atomic E-state index is 12.8. The Bertz CT molecular complexity index is 1730. The van der Waals surface area contributed by atoms with E-state index >= 15 is 0 Å². The number of hydrogen-bond donors (Lipinski definition) is 2. The molecule has 6 rings (SSSR count). The fourth-order valence-corrected chi connectivity index (χ4v) is 4.32. The number of imidazole rings is 2. The lowest BCUT2D eigenvalue weighted by atomic mass is 10.1. The lowest BCUT2D eigenvalue weighted by molar-refractivity contribution is -0.115. The van der Waals surface area contributed by atoms with Gasteiger partial charge in [0.05, 0.1) is 23.0 Å². The fraction of sp³-hybridized carbons (Fsp3) is 0.0741. The van der Waals surface area contributed by atoms with Crippen LogP contribution in [0.2, 0.25) is 0 Å². The number of nitrogens with two attached hydrogens (primary N) is 1. The zero-order valence-corrected chi connectivity index (χ0v) is 19.5. The summed E-state index contributed by atoms with van der Waals surface area (Å²) in [7, 11) is 1.88. The van der Waals surface area contributed by atoms with Gasteiger partial charge in [0, 0.05) is 25.1 Å². The minimum Gasteiger partial charge on any atom is -0.383 e. The average molecular weight is 475 g/mol. The second-order valence-corrected chi connectivity index (χ2v) is 8.43. The van der Waals surface area contributed by atoms with E-state index < -0.39 is 0 Å². The van der Waals surface area contributed by atoms with Gasteiger partial charge in [-0.05, 0) is 54.1 Å². The molecule has 9 heteroatoms. The first-order chi connectivity index (χ1) is 17.6. The number of pyridine rings is 2. The second kappa shape index (κ2) is 8.62. The van der Waals surface area contributed by atoms with Gasteiger partial charge in [-0.3, -0.25) is 14.7 Å². The van der Waals surface area contributed by atoms with Crippen LogP contribution in [0.3, 0.4) is 0 Å². The third kappa shape index (κ3) is 3.72. The van der Waals surface area contributed by atoms with Crippen molar-refractivity contribution < 1.29 is 4.79 Å². The maximum Gasteiger partial charge on any atom is 0.231 e. The van der Waals surface area contributed by atoms with Crippen molar-refractivity contribution in [3.63, 3.8) is 0 Å². The highest BCUT2D eigenvalue weighted by Crippen LogP contribution is 2.30. The largest absolute Gasteiger partial charge is 0.383 e. The molecule has 0 spiro atoms. The molecule has 2 aromatic carbocycles. The van der Waals surface area contributed by atoms with Gasteiger partial charge < -0.3 is 10.3 Å². The smallest absolute Gasteiger partial charge is 0.231 e. The number of benzene rings is 2. The Kier molecular flexibility index (Phi) is 5.15. The van der Waals surface area contributed by atoms with Gasteiger partial charge in [0.1, 0.15) is 11.3 Å². The number of aryl methyl sites for hydroxylation is 1. The van der Waals surface area contributed by atoms with Gasteiger partial charge in [-0.25, -0.2) is 19.9 Å². The van der Waals surface area contributed by atoms with Gasteiger partial charge in [-0.2, -0.15) is 0 Å². The van der Waals surface area contributed by atoms with Gasteiger partial charge in [0.2, 0.25) is 11.9 Å². The Hall–Kier alpha value is -5.05. The lowest BCUT2D eigenvalue weighted by Gasteiger charge is -2.11. The van der Waals surface area contributed by atoms with Gasteiger partial charge in [0.25, 0.3) is 0 Å². The summed E-state index contributed by atoms with van der Waals surface area (Å²) in [5, 5.41) is 2.92. The van der Waals surface area contributed by atoms with E-state index in [1.807, 2.05) is 89.0 Å². The number of rotatable bonds is 5. The van der Waals surface area contributed by atoms with E-state index in [9.17, 15) is 4.79 Å². The lowest BCUT2D eigenvalue weighted by Crippen LogP contribution is -2.17. The number of nitrogens with zero attached hydrogens (tertiary/aromatic N) is 6. The van der Waals surface area contributed by atoms with Crippen molar-refractivity contribution in [1.29, 1.82) is 0 Å². The molecule has 0 aliphatic carbocycles. The zero-order chi connectivity index (χ0) is 24.6. The minimum atomic E-state index is -0.139. The van der Waals surface area contributed by atoms with Crippen molar-refractivity contribution >= 4 is 39.9 Å². The molecule has 176 valence electrons. The van der Waals surface area contributed by atoms with Gasteiger partial charge in [-0.15, -0.1) is 0 Å². The zero-order valence-electron chi connectivity index (χ0n) is 19.5. The molecule has 3 N–H and O–H groups in total. The number of carbonyl (C=O) groups excluding carboxylic acids is 1. The molecule has 0 aliphatic heterocycles. The molecule has 4 heterocycles. The number of fused-ring (bicyclic) bond motifs is 2. The summed E-state index contributed by atoms with van der Waals surface area (Å²) in [6.45, 7) is 0. The summed E-state index contributed by atoms with van der Waals surface area (Å²) in [6.07, 6.45) is 3.60. The van der Waals surface area contributed by atoms with E-state index in [1.54, 1.807) is 12.4 Å². The van der Waals surface area contributed by atoms with E-state index in [1.165, 1.54) is 0 Å². The normalized spacial score (nSPS) is 11.2. The van der Waals surface area contributed by atoms with Gasteiger partial charge >= 0.3 is 0 Å². The van der Waals surface area contributed by atoms with E-state index in [0.717, 1.165) is 33.4 Å². The summed E-state index contributed by atoms with van der Waals surface area (Å²) >= 11 is 0. The number of amides is 1. The molecule has 0 saturated heterocycles. The van der Waals surface area contributed by atoms with Crippen molar-refractivity contribution in [3.05, 3.63) is 90.8 Å². The molecule has 4 aromatic heterocycles. The summed E-state index contributed by atoms with van der Waals surface area (Å²) in [6, 6.07) is 23.0. The molecule has 1 amide bonds. The monoisotopic (exact) mass is 474 g/mol. The van der Waals surface area contributed by atoms with Gasteiger partial charge in [-0.1, -0.05) is 24.3 Å². The van der Waals surface area contributed by atoms with E-state index in [0.29, 0.717) is 23.2 Å². The van der Waals surface area contributed by atoms with Crippen molar-refractivity contribution in [2.45, 2.75) is 6.42 Å². The second-order valence-electron chi connectivity index (χ2n) is 8.43. The fourth-order valence-electron chi connectivity index (χ4n) is 4.32. The first-order valence-electron chi connectivity index (χ1n) is 11.4. The van der Waals surface area contributed by atoms with Crippen LogP contribution in [0.4, 0.5) is 11.8 Å². The SMILES string of the molecule is Cn1c(NC(=O)Cc2ccc(-n3c(-c4cccnc4N)nc4cccnc43)cc2)nc2ccccc21. The number of aromatic nitrogens is 6. The van der Waals surface area contributed by atoms with Crippen LogP contribution in [0.15, 0.2) is 85.2 Å². The van der Waals surface area contributed by atoms with Crippen LogP contribution in [0.1, 0.15) is 5.56 Å². The highest BCUT2D eigenvalue weighted by Gasteiger charge is 2.18. The molecular formula is C27H22N8O. The molecule has 0 aliphatic rings. The van der Waals surface area contributed by atoms with Crippen LogP contribution in [0.25, 0.3) is 39.3 Å². The van der Waals surface area contributed by atoms with Crippen molar-refractivity contribution in [1.82, 2.24) is 29.1 Å². The van der Waals surface area contributed by atoms with Crippen LogP contribution in [0.5, 0.6) is 0 Å². The summed E-state index contributed by atoms with van der Waals surface area (Å²) in [5.74, 6) is 1.43. The highest BCUT2D eigenvalue weighted by atomic mass is 16.1. The number of carbonyl (C=O) groups is 1. The van der Waals surface area contributed by atoms with Gasteiger partial charge in [0.15, 0.2) is 11.5 Å². The Morgan fingerprint density at radius 2 is 1.64 bits per heavy atom. The molecule has 6 aromatic rings. The van der Waals surface area contributed by atoms with E-state index in [2.05, 4.69) is 20.3 Å². The van der Waals surface area contributed by atoms with Crippen LogP contribution >= 0.6 is 0 Å². The minimum absolute atomic E-state index is 0.139. The molecule has 0 unspecified atom stereocenters. The van der Waals surface area contributed by atoms with Crippen LogP contribution in [-0.4, -0.2) is 35.0 Å². The van der Waals surface area contributed by atoms with Crippen molar-refractivity contribution in [3.8, 4) is 17.1 Å². The van der Waals surface area contributed by atoms with Crippen LogP contribution in [0, 0.1) is 0 Å². The van der Waals surface area contributed by atoms with E-state index in [-0.39, 0.29) is 12.3 Å². The molecule has 0 bridgehead atoms. The summed E-state index contributed by atoms with van der Waals surface area (Å²) < 4.78 is 3.82. The first-order valence-corrected chi connectivity index (χ1v) is 11.4. The van der Waals surface area contributed by atoms with E-state index in [4.69, 9.17) is 10.7 Å². The van der Waals surface area contributed by atoms with Crippen LogP contribution in [-0.2, 0) is 18.3 Å². The van der Waals surface area contributed by atoms with Crippen LogP contribution < -0.4 is 11.1 Å². The molecule has 0 fully saturated rings. The number of anilines is 2. The standard InChI is InChI=1S/C27H22N8O/c1-34-22-9-3-2-7-20(22)32-27(34)33-23(36)16-17-10-12-18(13-11-17)35-25(19-6-4-14-29-24(19)28)31-21-8-5-15-30-26(21)35/h2-15H,16H2,1H3,(H2,28,29)(H,32,33,36). The summed E-state index contributed by atoms with van der Waals surface area (Å²) in [5.41, 5.74) is 11.9. The Morgan fingerprint density at radius 3 is 2.44 bits per heavy atom.